The number of anilines is 2. The van der Waals surface area contributed by atoms with Crippen LogP contribution in [0.1, 0.15) is 40.3 Å². The van der Waals surface area contributed by atoms with Gasteiger partial charge in [0.05, 0.1) is 38.6 Å². The summed E-state index contributed by atoms with van der Waals surface area (Å²) in [6.45, 7) is 4.01. The Morgan fingerprint density at radius 3 is 2.87 bits per heavy atom. The quantitative estimate of drug-likeness (QED) is 0.620. The highest BCUT2D eigenvalue weighted by molar-refractivity contribution is 7.16. The fourth-order valence-electron chi connectivity index (χ4n) is 4.78. The number of hydrogen-bond acceptors (Lipinski definition) is 8. The highest BCUT2D eigenvalue weighted by Gasteiger charge is 2.46. The summed E-state index contributed by atoms with van der Waals surface area (Å²) < 4.78 is 5.86. The Labute approximate surface area is 187 Å². The number of pyridine rings is 1. The van der Waals surface area contributed by atoms with E-state index >= 15 is 0 Å². The van der Waals surface area contributed by atoms with E-state index in [-0.39, 0.29) is 24.1 Å². The number of carbonyl (C=O) groups is 1. The largest absolute Gasteiger partial charge is 0.495 e. The minimum Gasteiger partial charge on any atom is -0.495 e. The molecule has 0 aliphatic carbocycles. The third kappa shape index (κ3) is 3.32. The lowest BCUT2D eigenvalue weighted by atomic mass is 9.83. The van der Waals surface area contributed by atoms with E-state index in [9.17, 15) is 4.79 Å². The summed E-state index contributed by atoms with van der Waals surface area (Å²) in [5.74, 6) is 1.79. The van der Waals surface area contributed by atoms with E-state index in [0.717, 1.165) is 51.4 Å². The monoisotopic (exact) mass is 451 g/mol. The number of amides is 1. The van der Waals surface area contributed by atoms with Crippen LogP contribution in [-0.4, -0.2) is 43.9 Å². The molecule has 1 amide bonds. The average molecular weight is 452 g/mol. The van der Waals surface area contributed by atoms with Gasteiger partial charge in [-0.25, -0.2) is 15.0 Å². The van der Waals surface area contributed by atoms with Gasteiger partial charge >= 0.3 is 0 Å². The zero-order valence-corrected chi connectivity index (χ0v) is 18.8. The van der Waals surface area contributed by atoms with Gasteiger partial charge in [-0.1, -0.05) is 0 Å². The van der Waals surface area contributed by atoms with Crippen molar-refractivity contribution in [3.63, 3.8) is 0 Å². The molecule has 1 N–H and O–H groups in total. The number of ether oxygens (including phenoxy) is 1. The molecular formula is C22H21N5O2S2. The van der Waals surface area contributed by atoms with Crippen molar-refractivity contribution < 1.29 is 9.53 Å². The number of nitrogens with zero attached hydrogens (tertiary/aromatic N) is 4. The molecular weight excluding hydrogens is 430 g/mol. The number of hydrogen-bond donors (Lipinski definition) is 1. The summed E-state index contributed by atoms with van der Waals surface area (Å²) in [5, 5.41) is 7.08. The van der Waals surface area contributed by atoms with Crippen molar-refractivity contribution in [1.82, 2.24) is 19.9 Å². The second-order valence-corrected chi connectivity index (χ2v) is 10.3. The minimum absolute atomic E-state index is 0.0530. The van der Waals surface area contributed by atoms with E-state index in [1.807, 2.05) is 36.3 Å². The first-order chi connectivity index (χ1) is 15.0. The van der Waals surface area contributed by atoms with Crippen LogP contribution < -0.4 is 5.32 Å². The van der Waals surface area contributed by atoms with Crippen molar-refractivity contribution in [2.45, 2.75) is 51.3 Å². The number of carbonyl (C=O) groups excluding carboxylic acids is 1. The Morgan fingerprint density at radius 2 is 2.16 bits per heavy atom. The minimum atomic E-state index is 0.0530. The van der Waals surface area contributed by atoms with Gasteiger partial charge in [0.15, 0.2) is 5.13 Å². The number of thiazole rings is 2. The summed E-state index contributed by atoms with van der Waals surface area (Å²) in [4.78, 5) is 29.9. The molecule has 0 unspecified atom stereocenters. The molecule has 3 aromatic heterocycles. The van der Waals surface area contributed by atoms with Crippen LogP contribution in [0.5, 0.6) is 0 Å². The zero-order valence-electron chi connectivity index (χ0n) is 17.2. The summed E-state index contributed by atoms with van der Waals surface area (Å²) >= 11 is 3.18. The van der Waals surface area contributed by atoms with Gasteiger partial charge < -0.3 is 15.0 Å². The van der Waals surface area contributed by atoms with Gasteiger partial charge in [-0.15, -0.1) is 22.7 Å². The molecule has 2 saturated heterocycles. The summed E-state index contributed by atoms with van der Waals surface area (Å²) in [5.41, 5.74) is 2.55. The maximum Gasteiger partial charge on any atom is 0.256 e. The van der Waals surface area contributed by atoms with Crippen LogP contribution in [-0.2, 0) is 4.74 Å². The number of rotatable bonds is 4. The molecule has 0 radical (unpaired) electrons. The van der Waals surface area contributed by atoms with Crippen LogP contribution in [0.2, 0.25) is 0 Å². The normalized spacial score (nSPS) is 23.6. The van der Waals surface area contributed by atoms with E-state index < -0.39 is 0 Å². The Morgan fingerprint density at radius 1 is 1.26 bits per heavy atom. The predicted molar refractivity (Wildman–Crippen MR) is 121 cm³/mol. The van der Waals surface area contributed by atoms with E-state index in [2.05, 4.69) is 26.3 Å². The lowest BCUT2D eigenvalue weighted by Crippen LogP contribution is -2.58. The molecule has 4 aliphatic heterocycles. The summed E-state index contributed by atoms with van der Waals surface area (Å²) in [6, 6.07) is 4.08. The fourth-order valence-corrected chi connectivity index (χ4v) is 6.45. The number of aryl methyl sites for hydroxylation is 2. The van der Waals surface area contributed by atoms with E-state index in [0.29, 0.717) is 11.4 Å². The van der Waals surface area contributed by atoms with Crippen LogP contribution in [0.15, 0.2) is 35.5 Å². The molecule has 0 spiro atoms. The van der Waals surface area contributed by atoms with E-state index in [4.69, 9.17) is 4.74 Å². The van der Waals surface area contributed by atoms with Crippen molar-refractivity contribution in [2.24, 2.45) is 0 Å². The summed E-state index contributed by atoms with van der Waals surface area (Å²) in [6.07, 6.45) is 6.70. The van der Waals surface area contributed by atoms with Gasteiger partial charge in [-0.3, -0.25) is 4.79 Å². The van der Waals surface area contributed by atoms with Crippen molar-refractivity contribution in [3.8, 4) is 10.6 Å². The van der Waals surface area contributed by atoms with Crippen molar-refractivity contribution >= 4 is 39.5 Å². The van der Waals surface area contributed by atoms with E-state index in [1.165, 1.54) is 11.3 Å². The van der Waals surface area contributed by atoms with Gasteiger partial charge in [0.2, 0.25) is 0 Å². The van der Waals surface area contributed by atoms with Crippen LogP contribution in [0.4, 0.5) is 10.9 Å². The number of aromatic nitrogens is 3. The van der Waals surface area contributed by atoms with Gasteiger partial charge in [-0.2, -0.15) is 0 Å². The number of piperidine rings is 1. The second-order valence-electron chi connectivity index (χ2n) is 8.22. The Hall–Kier alpha value is -2.78. The molecule has 0 saturated carbocycles. The first kappa shape index (κ1) is 18.9. The third-order valence-corrected chi connectivity index (χ3v) is 7.90. The Bertz CT molecular complexity index is 1200. The van der Waals surface area contributed by atoms with Gasteiger partial charge in [-0.05, 0) is 32.1 Å². The van der Waals surface area contributed by atoms with Gasteiger partial charge in [0.25, 0.3) is 5.91 Å². The van der Waals surface area contributed by atoms with Crippen LogP contribution >= 0.6 is 22.7 Å². The third-order valence-electron chi connectivity index (χ3n) is 6.04. The second kappa shape index (κ2) is 7.13. The lowest BCUT2D eigenvalue weighted by Gasteiger charge is -2.51. The maximum atomic E-state index is 13.2. The molecule has 9 heteroatoms. The molecule has 0 aromatic carbocycles. The smallest absolute Gasteiger partial charge is 0.256 e. The molecule has 2 fully saturated rings. The first-order valence-corrected chi connectivity index (χ1v) is 12.1. The topological polar surface area (TPSA) is 80.2 Å². The number of nitrogens with one attached hydrogen (secondary N) is 1. The Kier molecular flexibility index (Phi) is 4.36. The molecule has 3 aromatic rings. The van der Waals surface area contributed by atoms with Gasteiger partial charge in [0.1, 0.15) is 11.9 Å². The van der Waals surface area contributed by atoms with Crippen LogP contribution in [0.25, 0.3) is 10.6 Å². The van der Waals surface area contributed by atoms with Crippen molar-refractivity contribution in [2.75, 3.05) is 5.32 Å². The van der Waals surface area contributed by atoms with Crippen molar-refractivity contribution in [3.05, 3.63) is 51.8 Å². The molecule has 4 bridgehead atoms. The Balaban J connectivity index is 1.17. The molecule has 3 atom stereocenters. The first-order valence-electron chi connectivity index (χ1n) is 10.4. The highest BCUT2D eigenvalue weighted by Crippen LogP contribution is 2.42. The van der Waals surface area contributed by atoms with Gasteiger partial charge in [0, 0.05) is 36.9 Å². The molecule has 31 heavy (non-hydrogen) atoms. The van der Waals surface area contributed by atoms with Crippen LogP contribution in [0.3, 0.4) is 0 Å². The van der Waals surface area contributed by atoms with E-state index in [1.54, 1.807) is 17.5 Å². The summed E-state index contributed by atoms with van der Waals surface area (Å²) in [7, 11) is 0. The molecule has 7 nitrogen and oxygen atoms in total. The predicted octanol–water partition coefficient (Wildman–Crippen LogP) is 4.68. The molecule has 7 heterocycles. The van der Waals surface area contributed by atoms with Crippen molar-refractivity contribution in [1.29, 1.82) is 0 Å². The average Bonchev–Trinajstić information content (AvgIpc) is 3.33. The lowest BCUT2D eigenvalue weighted by molar-refractivity contribution is -0.0524. The fraction of sp³-hybridized carbons (Fsp3) is 0.364. The molecule has 7 rings (SSSR count). The SMILES string of the molecule is Cc1nc(C)c(-c2csc(Nc3ccc(C(=O)N4[C@H]5CC6=C[C@@H]4C[C@@H](C5)O6)cn3)n2)s1. The maximum absolute atomic E-state index is 13.2. The molecule has 4 aliphatic rings. The van der Waals surface area contributed by atoms with Crippen LogP contribution in [0, 0.1) is 13.8 Å². The zero-order chi connectivity index (χ0) is 21.1. The molecule has 158 valence electrons. The standard InChI is InChI=1S/C22H21N5O2S2/c1-11-20(31-12(2)24-11)18-10-30-22(25-18)26-19-4-3-13(9-23-19)21(28)27-14-5-16-7-15(27)8-17(6-14)29-16/h3-5,9-10,14-15,17H,6-8H2,1-2H3,(H,23,25,26)/t14-,15+,17+/m1/s1. The highest BCUT2D eigenvalue weighted by atomic mass is 32.1.